The van der Waals surface area contributed by atoms with Crippen molar-refractivity contribution in [1.82, 2.24) is 5.32 Å². The number of rotatable bonds is 5. The maximum absolute atomic E-state index is 5.78. The van der Waals surface area contributed by atoms with Gasteiger partial charge in [0.1, 0.15) is 13.2 Å². The minimum Gasteiger partial charge on any atom is -0.486 e. The van der Waals surface area contributed by atoms with Crippen molar-refractivity contribution in [3.8, 4) is 11.5 Å². The third kappa shape index (κ3) is 3.64. The Morgan fingerprint density at radius 1 is 1.15 bits per heavy atom. The van der Waals surface area contributed by atoms with Crippen molar-refractivity contribution in [2.75, 3.05) is 26.4 Å². The lowest BCUT2D eigenvalue weighted by Crippen LogP contribution is -2.34. The number of hydrogen-bond acceptors (Lipinski definition) is 4. The fourth-order valence-corrected chi connectivity index (χ4v) is 2.76. The van der Waals surface area contributed by atoms with Gasteiger partial charge in [0.25, 0.3) is 0 Å². The molecule has 1 aromatic rings. The van der Waals surface area contributed by atoms with Crippen LogP contribution in [0.15, 0.2) is 18.2 Å². The molecule has 4 heteroatoms. The minimum atomic E-state index is 0.630. The van der Waals surface area contributed by atoms with Gasteiger partial charge in [0, 0.05) is 12.6 Å². The van der Waals surface area contributed by atoms with Crippen LogP contribution in [0.5, 0.6) is 11.5 Å². The van der Waals surface area contributed by atoms with Crippen molar-refractivity contribution in [2.24, 2.45) is 0 Å². The number of nitrogens with one attached hydrogen (secondary N) is 1. The normalized spacial score (nSPS) is 21.7. The molecular formula is C16H23NO3. The minimum absolute atomic E-state index is 0.630. The zero-order chi connectivity index (χ0) is 13.6. The first-order chi connectivity index (χ1) is 9.92. The number of piperidine rings is 1. The van der Waals surface area contributed by atoms with Crippen LogP contribution < -0.4 is 14.8 Å². The molecule has 4 nitrogen and oxygen atoms in total. The largest absolute Gasteiger partial charge is 0.486 e. The summed E-state index contributed by atoms with van der Waals surface area (Å²) in [4.78, 5) is 0. The van der Waals surface area contributed by atoms with Gasteiger partial charge in [0.15, 0.2) is 11.5 Å². The molecule has 1 unspecified atom stereocenters. The molecule has 1 saturated heterocycles. The third-order valence-corrected chi connectivity index (χ3v) is 3.90. The van der Waals surface area contributed by atoms with Gasteiger partial charge in [-0.1, -0.05) is 12.5 Å². The monoisotopic (exact) mass is 277 g/mol. The van der Waals surface area contributed by atoms with Crippen LogP contribution in [0.3, 0.4) is 0 Å². The molecule has 20 heavy (non-hydrogen) atoms. The molecule has 2 aliphatic heterocycles. The van der Waals surface area contributed by atoms with Crippen molar-refractivity contribution in [2.45, 2.75) is 38.3 Å². The van der Waals surface area contributed by atoms with E-state index < -0.39 is 0 Å². The second-order valence-corrected chi connectivity index (χ2v) is 5.47. The second-order valence-electron chi connectivity index (χ2n) is 5.47. The van der Waals surface area contributed by atoms with Gasteiger partial charge in [0.05, 0.1) is 6.61 Å². The van der Waals surface area contributed by atoms with Crippen LogP contribution in [-0.4, -0.2) is 32.4 Å². The van der Waals surface area contributed by atoms with Gasteiger partial charge < -0.3 is 19.5 Å². The Labute approximate surface area is 120 Å². The van der Waals surface area contributed by atoms with Crippen molar-refractivity contribution in [3.63, 3.8) is 0 Å². The number of ether oxygens (including phenoxy) is 3. The van der Waals surface area contributed by atoms with Crippen molar-refractivity contribution in [1.29, 1.82) is 0 Å². The molecule has 110 valence electrons. The molecule has 2 heterocycles. The number of benzene rings is 1. The van der Waals surface area contributed by atoms with E-state index in [1.807, 2.05) is 18.2 Å². The quantitative estimate of drug-likeness (QED) is 0.840. The summed E-state index contributed by atoms with van der Waals surface area (Å²) < 4.78 is 16.9. The molecule has 0 saturated carbocycles. The van der Waals surface area contributed by atoms with Crippen molar-refractivity contribution < 1.29 is 14.2 Å². The van der Waals surface area contributed by atoms with Gasteiger partial charge in [-0.15, -0.1) is 0 Å². The maximum Gasteiger partial charge on any atom is 0.161 e. The molecule has 1 atom stereocenters. The predicted molar refractivity (Wildman–Crippen MR) is 77.3 cm³/mol. The zero-order valence-electron chi connectivity index (χ0n) is 11.9. The molecule has 1 fully saturated rings. The van der Waals surface area contributed by atoms with E-state index in [2.05, 4.69) is 5.32 Å². The van der Waals surface area contributed by atoms with Crippen LogP contribution in [0.4, 0.5) is 0 Å². The van der Waals surface area contributed by atoms with Crippen LogP contribution in [0.2, 0.25) is 0 Å². The highest BCUT2D eigenvalue weighted by Gasteiger charge is 2.13. The van der Waals surface area contributed by atoms with Crippen molar-refractivity contribution >= 4 is 0 Å². The molecule has 1 N–H and O–H groups in total. The molecule has 2 aliphatic rings. The second kappa shape index (κ2) is 6.95. The molecule has 0 radical (unpaired) electrons. The standard InChI is InChI=1S/C16H23NO3/c1-2-7-17-14(3-1)6-8-18-12-13-4-5-15-16(11-13)20-10-9-19-15/h4-5,11,14,17H,1-3,6-10,12H2. The van der Waals surface area contributed by atoms with Gasteiger partial charge in [-0.25, -0.2) is 0 Å². The Kier molecular flexibility index (Phi) is 4.77. The summed E-state index contributed by atoms with van der Waals surface area (Å²) in [5.41, 5.74) is 1.14. The fraction of sp³-hybridized carbons (Fsp3) is 0.625. The van der Waals surface area contributed by atoms with Gasteiger partial charge in [-0.2, -0.15) is 0 Å². The Bertz CT molecular complexity index is 430. The SMILES string of the molecule is c1cc2c(cc1COCCC1CCCCN1)OCCO2. The summed E-state index contributed by atoms with van der Waals surface area (Å²) in [5.74, 6) is 1.68. The van der Waals surface area contributed by atoms with E-state index in [9.17, 15) is 0 Å². The average Bonchev–Trinajstić information content (AvgIpc) is 2.52. The Morgan fingerprint density at radius 3 is 2.90 bits per heavy atom. The first kappa shape index (κ1) is 13.7. The topological polar surface area (TPSA) is 39.7 Å². The van der Waals surface area contributed by atoms with Crippen LogP contribution in [-0.2, 0) is 11.3 Å². The Balaban J connectivity index is 1.41. The highest BCUT2D eigenvalue weighted by Crippen LogP contribution is 2.30. The van der Waals surface area contributed by atoms with E-state index in [4.69, 9.17) is 14.2 Å². The summed E-state index contributed by atoms with van der Waals surface area (Å²) in [7, 11) is 0. The van der Waals surface area contributed by atoms with E-state index in [1.165, 1.54) is 19.3 Å². The van der Waals surface area contributed by atoms with Crippen LogP contribution >= 0.6 is 0 Å². The fourth-order valence-electron chi connectivity index (χ4n) is 2.76. The lowest BCUT2D eigenvalue weighted by Gasteiger charge is -2.23. The number of hydrogen-bond donors (Lipinski definition) is 1. The lowest BCUT2D eigenvalue weighted by atomic mass is 10.0. The molecular weight excluding hydrogens is 254 g/mol. The smallest absolute Gasteiger partial charge is 0.161 e. The van der Waals surface area contributed by atoms with Gasteiger partial charge in [-0.3, -0.25) is 0 Å². The Hall–Kier alpha value is -1.26. The average molecular weight is 277 g/mol. The molecule has 0 spiro atoms. The highest BCUT2D eigenvalue weighted by atomic mass is 16.6. The summed E-state index contributed by atoms with van der Waals surface area (Å²) in [5, 5.41) is 3.54. The first-order valence-corrected chi connectivity index (χ1v) is 7.61. The Morgan fingerprint density at radius 2 is 2.05 bits per heavy atom. The molecule has 3 rings (SSSR count). The predicted octanol–water partition coefficient (Wildman–Crippen LogP) is 2.51. The van der Waals surface area contributed by atoms with Crippen LogP contribution in [0, 0.1) is 0 Å². The van der Waals surface area contributed by atoms with E-state index in [1.54, 1.807) is 0 Å². The molecule has 0 aliphatic carbocycles. The maximum atomic E-state index is 5.78. The van der Waals surface area contributed by atoms with E-state index in [-0.39, 0.29) is 0 Å². The van der Waals surface area contributed by atoms with Crippen LogP contribution in [0.1, 0.15) is 31.2 Å². The van der Waals surface area contributed by atoms with Crippen LogP contribution in [0.25, 0.3) is 0 Å². The van der Waals surface area contributed by atoms with Crippen molar-refractivity contribution in [3.05, 3.63) is 23.8 Å². The highest BCUT2D eigenvalue weighted by molar-refractivity contribution is 5.43. The van der Waals surface area contributed by atoms with Gasteiger partial charge >= 0.3 is 0 Å². The van der Waals surface area contributed by atoms with Gasteiger partial charge in [-0.05, 0) is 43.5 Å². The lowest BCUT2D eigenvalue weighted by molar-refractivity contribution is 0.107. The van der Waals surface area contributed by atoms with E-state index >= 15 is 0 Å². The molecule has 0 amide bonds. The zero-order valence-corrected chi connectivity index (χ0v) is 11.9. The van der Waals surface area contributed by atoms with Gasteiger partial charge in [0.2, 0.25) is 0 Å². The summed E-state index contributed by atoms with van der Waals surface area (Å²) in [6, 6.07) is 6.68. The molecule has 1 aromatic carbocycles. The van der Waals surface area contributed by atoms with E-state index in [0.717, 1.165) is 36.6 Å². The summed E-state index contributed by atoms with van der Waals surface area (Å²) in [6.07, 6.45) is 5.05. The molecule has 0 aromatic heterocycles. The molecule has 0 bridgehead atoms. The van der Waals surface area contributed by atoms with E-state index in [0.29, 0.717) is 25.9 Å². The summed E-state index contributed by atoms with van der Waals surface area (Å²) >= 11 is 0. The number of fused-ring (bicyclic) bond motifs is 1. The first-order valence-electron chi connectivity index (χ1n) is 7.61. The third-order valence-electron chi connectivity index (χ3n) is 3.90. The summed E-state index contributed by atoms with van der Waals surface area (Å²) in [6.45, 7) is 3.88.